The van der Waals surface area contributed by atoms with Crippen LogP contribution in [0.15, 0.2) is 29.6 Å². The smallest absolute Gasteiger partial charge is 0.307 e. The molecule has 1 aromatic carbocycles. The van der Waals surface area contributed by atoms with Gasteiger partial charge in [0.1, 0.15) is 5.01 Å². The van der Waals surface area contributed by atoms with E-state index in [0.29, 0.717) is 6.54 Å². The zero-order valence-corrected chi connectivity index (χ0v) is 14.2. The normalized spacial score (nSPS) is 18.9. The van der Waals surface area contributed by atoms with Crippen molar-refractivity contribution in [3.05, 3.63) is 40.9 Å². The third kappa shape index (κ3) is 3.98. The van der Waals surface area contributed by atoms with E-state index in [1.54, 1.807) is 11.3 Å². The minimum absolute atomic E-state index is 0.233. The maximum Gasteiger partial charge on any atom is 0.307 e. The molecule has 1 fully saturated rings. The summed E-state index contributed by atoms with van der Waals surface area (Å²) < 4.78 is 0. The van der Waals surface area contributed by atoms with Crippen LogP contribution in [0, 0.1) is 5.92 Å². The van der Waals surface area contributed by atoms with E-state index in [0.717, 1.165) is 48.6 Å². The van der Waals surface area contributed by atoms with Crippen LogP contribution in [0.1, 0.15) is 31.0 Å². The van der Waals surface area contributed by atoms with E-state index in [4.69, 9.17) is 4.98 Å². The number of hydrogen-bond donors (Lipinski definition) is 1. The van der Waals surface area contributed by atoms with Crippen molar-refractivity contribution in [1.82, 2.24) is 9.88 Å². The summed E-state index contributed by atoms with van der Waals surface area (Å²) in [6.07, 6.45) is 2.79. The molecule has 1 N–H and O–H groups in total. The molecule has 0 aliphatic carbocycles. The lowest BCUT2D eigenvalue weighted by molar-refractivity contribution is -0.143. The lowest BCUT2D eigenvalue weighted by Gasteiger charge is -2.29. The second-order valence-electron chi connectivity index (χ2n) is 6.11. The van der Waals surface area contributed by atoms with Gasteiger partial charge in [-0.1, -0.05) is 31.2 Å². The summed E-state index contributed by atoms with van der Waals surface area (Å²) in [5, 5.41) is 12.3. The highest BCUT2D eigenvalue weighted by molar-refractivity contribution is 7.13. The van der Waals surface area contributed by atoms with Crippen molar-refractivity contribution in [2.75, 3.05) is 13.1 Å². The Morgan fingerprint density at radius 2 is 2.17 bits per heavy atom. The minimum atomic E-state index is -0.676. The summed E-state index contributed by atoms with van der Waals surface area (Å²) in [5.41, 5.74) is 3.52. The lowest BCUT2D eigenvalue weighted by atomic mass is 9.98. The molecule has 23 heavy (non-hydrogen) atoms. The van der Waals surface area contributed by atoms with E-state index in [2.05, 4.69) is 41.5 Å². The molecule has 2 heterocycles. The van der Waals surface area contributed by atoms with Gasteiger partial charge in [0, 0.05) is 24.0 Å². The first-order valence-electron chi connectivity index (χ1n) is 8.14. The van der Waals surface area contributed by atoms with Crippen molar-refractivity contribution in [3.8, 4) is 10.6 Å². The number of nitrogens with zero attached hydrogens (tertiary/aromatic N) is 2. The van der Waals surface area contributed by atoms with E-state index < -0.39 is 5.97 Å². The van der Waals surface area contributed by atoms with Crippen LogP contribution in [0.3, 0.4) is 0 Å². The molecule has 0 saturated carbocycles. The molecule has 1 atom stereocenters. The van der Waals surface area contributed by atoms with Gasteiger partial charge in [-0.3, -0.25) is 9.69 Å². The maximum atomic E-state index is 11.2. The molecule has 5 heteroatoms. The highest BCUT2D eigenvalue weighted by Gasteiger charge is 2.25. The fourth-order valence-electron chi connectivity index (χ4n) is 3.03. The standard InChI is InChI=1S/C18H22N2O2S/c1-2-13-5-7-14(8-6-13)17-19-16(12-23-17)11-20-9-3-4-15(10-20)18(21)22/h5-8,12,15H,2-4,9-11H2,1H3,(H,21,22). The molecule has 2 aromatic rings. The van der Waals surface area contributed by atoms with E-state index >= 15 is 0 Å². The average Bonchev–Trinajstić information content (AvgIpc) is 3.03. The number of aryl methyl sites for hydroxylation is 1. The van der Waals surface area contributed by atoms with Crippen LogP contribution in [0.25, 0.3) is 10.6 Å². The topological polar surface area (TPSA) is 53.4 Å². The van der Waals surface area contributed by atoms with Crippen molar-refractivity contribution in [2.45, 2.75) is 32.7 Å². The van der Waals surface area contributed by atoms with Crippen LogP contribution >= 0.6 is 11.3 Å². The molecule has 0 radical (unpaired) electrons. The predicted molar refractivity (Wildman–Crippen MR) is 92.6 cm³/mol. The van der Waals surface area contributed by atoms with Gasteiger partial charge >= 0.3 is 5.97 Å². The number of benzene rings is 1. The maximum absolute atomic E-state index is 11.2. The number of carboxylic acids is 1. The van der Waals surface area contributed by atoms with Gasteiger partial charge in [0.15, 0.2) is 0 Å². The monoisotopic (exact) mass is 330 g/mol. The van der Waals surface area contributed by atoms with E-state index in [9.17, 15) is 9.90 Å². The fraction of sp³-hybridized carbons (Fsp3) is 0.444. The van der Waals surface area contributed by atoms with Gasteiger partial charge < -0.3 is 5.11 Å². The first-order chi connectivity index (χ1) is 11.2. The molecule has 4 nitrogen and oxygen atoms in total. The average molecular weight is 330 g/mol. The molecular formula is C18H22N2O2S. The Morgan fingerprint density at radius 1 is 1.39 bits per heavy atom. The van der Waals surface area contributed by atoms with Crippen molar-refractivity contribution < 1.29 is 9.90 Å². The predicted octanol–water partition coefficient (Wildman–Crippen LogP) is 3.67. The minimum Gasteiger partial charge on any atom is -0.481 e. The number of aromatic nitrogens is 1. The third-order valence-corrected chi connectivity index (χ3v) is 5.34. The second kappa shape index (κ2) is 7.23. The molecule has 1 saturated heterocycles. The van der Waals surface area contributed by atoms with Crippen molar-refractivity contribution in [3.63, 3.8) is 0 Å². The number of likely N-dealkylation sites (tertiary alicyclic amines) is 1. The number of piperidine rings is 1. The van der Waals surface area contributed by atoms with Crippen molar-refractivity contribution in [2.24, 2.45) is 5.92 Å². The molecule has 0 bridgehead atoms. The van der Waals surface area contributed by atoms with Crippen LogP contribution in [0.5, 0.6) is 0 Å². The molecule has 0 spiro atoms. The largest absolute Gasteiger partial charge is 0.481 e. The van der Waals surface area contributed by atoms with E-state index in [1.807, 2.05) is 0 Å². The molecule has 1 aliphatic rings. The Labute approximate surface area is 140 Å². The Balaban J connectivity index is 1.65. The lowest BCUT2D eigenvalue weighted by Crippen LogP contribution is -2.38. The highest BCUT2D eigenvalue weighted by atomic mass is 32.1. The first-order valence-corrected chi connectivity index (χ1v) is 9.02. The van der Waals surface area contributed by atoms with Crippen LogP contribution in [0.2, 0.25) is 0 Å². The Hall–Kier alpha value is -1.72. The van der Waals surface area contributed by atoms with Gasteiger partial charge in [-0.2, -0.15) is 0 Å². The number of hydrogen-bond acceptors (Lipinski definition) is 4. The number of thiazole rings is 1. The van der Waals surface area contributed by atoms with Crippen LogP contribution in [0.4, 0.5) is 0 Å². The number of carbonyl (C=O) groups is 1. The molecular weight excluding hydrogens is 308 g/mol. The third-order valence-electron chi connectivity index (χ3n) is 4.40. The summed E-state index contributed by atoms with van der Waals surface area (Å²) in [6, 6.07) is 8.56. The van der Waals surface area contributed by atoms with Gasteiger partial charge in [-0.25, -0.2) is 4.98 Å². The summed E-state index contributed by atoms with van der Waals surface area (Å²) in [7, 11) is 0. The van der Waals surface area contributed by atoms with Gasteiger partial charge in [-0.15, -0.1) is 11.3 Å². The quantitative estimate of drug-likeness (QED) is 0.909. The summed E-state index contributed by atoms with van der Waals surface area (Å²) >= 11 is 1.66. The Morgan fingerprint density at radius 3 is 2.87 bits per heavy atom. The summed E-state index contributed by atoms with van der Waals surface area (Å²) in [5.74, 6) is -0.909. The number of aliphatic carboxylic acids is 1. The van der Waals surface area contributed by atoms with Crippen molar-refractivity contribution in [1.29, 1.82) is 0 Å². The Bertz CT molecular complexity index is 666. The molecule has 1 aliphatic heterocycles. The summed E-state index contributed by atoms with van der Waals surface area (Å²) in [4.78, 5) is 18.1. The van der Waals surface area contributed by atoms with Crippen molar-refractivity contribution >= 4 is 17.3 Å². The van der Waals surface area contributed by atoms with Crippen LogP contribution in [-0.4, -0.2) is 34.0 Å². The molecule has 1 aromatic heterocycles. The zero-order valence-electron chi connectivity index (χ0n) is 13.4. The van der Waals surface area contributed by atoms with E-state index in [-0.39, 0.29) is 5.92 Å². The zero-order chi connectivity index (χ0) is 16.2. The van der Waals surface area contributed by atoms with E-state index in [1.165, 1.54) is 5.56 Å². The van der Waals surface area contributed by atoms with Gasteiger partial charge in [0.25, 0.3) is 0 Å². The van der Waals surface area contributed by atoms with Gasteiger partial charge in [-0.05, 0) is 31.4 Å². The Kier molecular flexibility index (Phi) is 5.08. The molecule has 3 rings (SSSR count). The SMILES string of the molecule is CCc1ccc(-c2nc(CN3CCCC(C(=O)O)C3)cs2)cc1. The van der Waals surface area contributed by atoms with Crippen LogP contribution in [-0.2, 0) is 17.8 Å². The number of rotatable bonds is 5. The molecule has 122 valence electrons. The fourth-order valence-corrected chi connectivity index (χ4v) is 3.84. The molecule has 0 amide bonds. The molecule has 1 unspecified atom stereocenters. The first kappa shape index (κ1) is 16.1. The second-order valence-corrected chi connectivity index (χ2v) is 6.97. The van der Waals surface area contributed by atoms with Gasteiger partial charge in [0.2, 0.25) is 0 Å². The number of carboxylic acid groups (broad SMARTS) is 1. The summed E-state index contributed by atoms with van der Waals surface area (Å²) in [6.45, 7) is 4.49. The van der Waals surface area contributed by atoms with Crippen LogP contribution < -0.4 is 0 Å². The van der Waals surface area contributed by atoms with Gasteiger partial charge in [0.05, 0.1) is 11.6 Å². The highest BCUT2D eigenvalue weighted by Crippen LogP contribution is 2.26.